The number of methoxy groups -OCH3 is 1. The van der Waals surface area contributed by atoms with Gasteiger partial charge in [-0.3, -0.25) is 5.21 Å². The van der Waals surface area contributed by atoms with Crippen LogP contribution in [0.4, 0.5) is 23.7 Å². The molecule has 0 fully saturated rings. The van der Waals surface area contributed by atoms with Gasteiger partial charge >= 0.3 is 12.3 Å². The second-order valence-corrected chi connectivity index (χ2v) is 6.07. The van der Waals surface area contributed by atoms with Crippen molar-refractivity contribution in [2.75, 3.05) is 12.2 Å². The number of halogens is 3. The van der Waals surface area contributed by atoms with Crippen LogP contribution in [0.5, 0.6) is 5.75 Å². The fraction of sp³-hybridized carbons (Fsp3) is 0.316. The first-order chi connectivity index (χ1) is 12.6. The number of hydroxylamine groups is 1. The molecular formula is C19H20F3NO4. The molecule has 0 saturated heterocycles. The number of carbonyl (C=O) groups is 1. The number of amides is 1. The number of aryl methyl sites for hydroxylation is 3. The molecule has 1 N–H and O–H groups in total. The molecular weight excluding hydrogens is 363 g/mol. The minimum absolute atomic E-state index is 0.0687. The van der Waals surface area contributed by atoms with Gasteiger partial charge in [0, 0.05) is 5.56 Å². The molecule has 0 heterocycles. The molecule has 0 aliphatic rings. The molecule has 0 saturated carbocycles. The Balaban J connectivity index is 2.41. The predicted molar refractivity (Wildman–Crippen MR) is 93.1 cm³/mol. The minimum Gasteiger partial charge on any atom is -0.488 e. The van der Waals surface area contributed by atoms with E-state index in [0.717, 1.165) is 13.2 Å². The first-order valence-electron chi connectivity index (χ1n) is 8.03. The zero-order valence-corrected chi connectivity index (χ0v) is 15.3. The molecule has 0 radical (unpaired) electrons. The summed E-state index contributed by atoms with van der Waals surface area (Å²) in [5.74, 6) is -0.317. The van der Waals surface area contributed by atoms with Crippen LogP contribution in [0.3, 0.4) is 0 Å². The van der Waals surface area contributed by atoms with Gasteiger partial charge in [-0.25, -0.2) is 4.79 Å². The third kappa shape index (κ3) is 4.51. The van der Waals surface area contributed by atoms with Gasteiger partial charge in [-0.15, -0.1) is 0 Å². The Morgan fingerprint density at radius 2 is 1.74 bits per heavy atom. The van der Waals surface area contributed by atoms with Gasteiger partial charge in [0.1, 0.15) is 12.4 Å². The van der Waals surface area contributed by atoms with E-state index in [2.05, 4.69) is 4.74 Å². The van der Waals surface area contributed by atoms with Gasteiger partial charge in [-0.1, -0.05) is 12.1 Å². The topological polar surface area (TPSA) is 59.0 Å². The van der Waals surface area contributed by atoms with Crippen LogP contribution in [0.1, 0.15) is 27.8 Å². The van der Waals surface area contributed by atoms with Crippen molar-refractivity contribution >= 4 is 11.8 Å². The number of rotatable bonds is 4. The van der Waals surface area contributed by atoms with Crippen LogP contribution in [0.25, 0.3) is 0 Å². The van der Waals surface area contributed by atoms with Crippen LogP contribution in [-0.2, 0) is 17.5 Å². The molecule has 0 bridgehead atoms. The molecule has 2 aromatic rings. The largest absolute Gasteiger partial charge is 0.488 e. The lowest BCUT2D eigenvalue weighted by Gasteiger charge is -2.21. The number of hydrogen-bond donors (Lipinski definition) is 1. The van der Waals surface area contributed by atoms with E-state index in [1.807, 2.05) is 0 Å². The molecule has 0 atom stereocenters. The Labute approximate surface area is 154 Å². The highest BCUT2D eigenvalue weighted by molar-refractivity contribution is 5.86. The SMILES string of the molecule is COC(=O)N(O)c1cccc(C)c1COc1cc(C)c(C)cc1C(F)(F)F. The van der Waals surface area contributed by atoms with E-state index >= 15 is 0 Å². The molecule has 0 spiro atoms. The molecule has 2 aromatic carbocycles. The van der Waals surface area contributed by atoms with Crippen molar-refractivity contribution < 1.29 is 32.6 Å². The zero-order valence-electron chi connectivity index (χ0n) is 15.3. The lowest BCUT2D eigenvalue weighted by atomic mass is 10.0. The Hall–Kier alpha value is -2.74. The molecule has 2 rings (SSSR count). The highest BCUT2D eigenvalue weighted by Crippen LogP contribution is 2.38. The highest BCUT2D eigenvalue weighted by Gasteiger charge is 2.35. The van der Waals surface area contributed by atoms with Crippen molar-refractivity contribution in [2.45, 2.75) is 33.6 Å². The zero-order chi connectivity index (χ0) is 20.4. The van der Waals surface area contributed by atoms with Crippen LogP contribution in [0.15, 0.2) is 30.3 Å². The number of nitrogens with zero attached hydrogens (tertiary/aromatic N) is 1. The summed E-state index contributed by atoms with van der Waals surface area (Å²) in [6.07, 6.45) is -5.60. The normalized spacial score (nSPS) is 11.3. The third-order valence-electron chi connectivity index (χ3n) is 4.23. The first-order valence-corrected chi connectivity index (χ1v) is 8.03. The van der Waals surface area contributed by atoms with E-state index in [-0.39, 0.29) is 23.1 Å². The minimum atomic E-state index is -4.57. The summed E-state index contributed by atoms with van der Waals surface area (Å²) in [7, 11) is 1.10. The van der Waals surface area contributed by atoms with Crippen molar-refractivity contribution in [3.05, 3.63) is 58.1 Å². The number of ether oxygens (including phenoxy) is 2. The number of alkyl halides is 3. The number of anilines is 1. The molecule has 0 unspecified atom stereocenters. The second-order valence-electron chi connectivity index (χ2n) is 6.07. The van der Waals surface area contributed by atoms with E-state index in [4.69, 9.17) is 4.74 Å². The number of hydrogen-bond acceptors (Lipinski definition) is 4. The van der Waals surface area contributed by atoms with Crippen LogP contribution in [-0.4, -0.2) is 18.4 Å². The molecule has 27 heavy (non-hydrogen) atoms. The highest BCUT2D eigenvalue weighted by atomic mass is 19.4. The van der Waals surface area contributed by atoms with E-state index in [9.17, 15) is 23.2 Å². The van der Waals surface area contributed by atoms with Crippen molar-refractivity contribution in [2.24, 2.45) is 0 Å². The van der Waals surface area contributed by atoms with Crippen LogP contribution >= 0.6 is 0 Å². The van der Waals surface area contributed by atoms with E-state index in [0.29, 0.717) is 22.3 Å². The van der Waals surface area contributed by atoms with E-state index < -0.39 is 17.8 Å². The van der Waals surface area contributed by atoms with Gasteiger partial charge in [0.15, 0.2) is 0 Å². The van der Waals surface area contributed by atoms with Crippen LogP contribution in [0.2, 0.25) is 0 Å². The third-order valence-corrected chi connectivity index (χ3v) is 4.23. The maximum atomic E-state index is 13.3. The van der Waals surface area contributed by atoms with Crippen molar-refractivity contribution in [3.63, 3.8) is 0 Å². The quantitative estimate of drug-likeness (QED) is 0.584. The van der Waals surface area contributed by atoms with Crippen molar-refractivity contribution in [3.8, 4) is 5.75 Å². The van der Waals surface area contributed by atoms with Gasteiger partial charge in [0.05, 0.1) is 18.4 Å². The molecule has 0 aliphatic heterocycles. The summed E-state index contributed by atoms with van der Waals surface area (Å²) >= 11 is 0. The maximum absolute atomic E-state index is 13.3. The summed E-state index contributed by atoms with van der Waals surface area (Å²) in [5, 5.41) is 10.3. The lowest BCUT2D eigenvalue weighted by molar-refractivity contribution is -0.139. The molecule has 5 nitrogen and oxygen atoms in total. The Kier molecular flexibility index (Phi) is 6.00. The second kappa shape index (κ2) is 7.87. The van der Waals surface area contributed by atoms with Gasteiger partial charge in [-0.05, 0) is 55.7 Å². The van der Waals surface area contributed by atoms with Crippen molar-refractivity contribution in [1.29, 1.82) is 0 Å². The fourth-order valence-electron chi connectivity index (χ4n) is 2.54. The summed E-state index contributed by atoms with van der Waals surface area (Å²) in [4.78, 5) is 11.6. The van der Waals surface area contributed by atoms with Gasteiger partial charge in [0.2, 0.25) is 0 Å². The van der Waals surface area contributed by atoms with Crippen LogP contribution < -0.4 is 9.80 Å². The van der Waals surface area contributed by atoms with Crippen molar-refractivity contribution in [1.82, 2.24) is 0 Å². The Morgan fingerprint density at radius 3 is 2.33 bits per heavy atom. The van der Waals surface area contributed by atoms with Gasteiger partial charge in [0.25, 0.3) is 0 Å². The standard InChI is InChI=1S/C19H20F3NO4/c1-11-6-5-7-16(23(25)18(24)26-4)14(11)10-27-17-9-13(3)12(2)8-15(17)19(20,21)22/h5-9,25H,10H2,1-4H3. The van der Waals surface area contributed by atoms with E-state index in [1.165, 1.54) is 12.1 Å². The Bertz CT molecular complexity index is 850. The summed E-state index contributed by atoms with van der Waals surface area (Å²) < 4.78 is 49.9. The van der Waals surface area contributed by atoms with Gasteiger partial charge in [-0.2, -0.15) is 18.2 Å². The molecule has 8 heteroatoms. The van der Waals surface area contributed by atoms with Crippen LogP contribution in [0, 0.1) is 20.8 Å². The average Bonchev–Trinajstić information content (AvgIpc) is 2.60. The number of carbonyl (C=O) groups excluding carboxylic acids is 1. The predicted octanol–water partition coefficient (Wildman–Crippen LogP) is 5.17. The summed E-state index contributed by atoms with van der Waals surface area (Å²) in [5.41, 5.74) is 1.33. The first kappa shape index (κ1) is 20.6. The molecule has 0 aliphatic carbocycles. The fourth-order valence-corrected chi connectivity index (χ4v) is 2.54. The lowest BCUT2D eigenvalue weighted by Crippen LogP contribution is -2.28. The maximum Gasteiger partial charge on any atom is 0.438 e. The smallest absolute Gasteiger partial charge is 0.438 e. The molecule has 1 amide bonds. The van der Waals surface area contributed by atoms with E-state index in [1.54, 1.807) is 32.9 Å². The monoisotopic (exact) mass is 383 g/mol. The van der Waals surface area contributed by atoms with Gasteiger partial charge < -0.3 is 9.47 Å². The molecule has 146 valence electrons. The average molecular weight is 383 g/mol. The number of benzene rings is 2. The summed E-state index contributed by atoms with van der Waals surface area (Å²) in [6, 6.07) is 7.09. The summed E-state index contributed by atoms with van der Waals surface area (Å²) in [6.45, 7) is 4.70. The Morgan fingerprint density at radius 1 is 1.11 bits per heavy atom. The molecule has 0 aromatic heterocycles.